The highest BCUT2D eigenvalue weighted by molar-refractivity contribution is 7.89. The van der Waals surface area contributed by atoms with Crippen molar-refractivity contribution < 1.29 is 13.2 Å². The van der Waals surface area contributed by atoms with Crippen molar-refractivity contribution >= 4 is 16.0 Å². The molecule has 1 unspecified atom stereocenters. The maximum absolute atomic E-state index is 11.4. The molecule has 1 aliphatic rings. The number of hydrogen-bond acceptors (Lipinski definition) is 4. The van der Waals surface area contributed by atoms with Crippen molar-refractivity contribution in [2.24, 2.45) is 4.99 Å². The smallest absolute Gasteiger partial charge is 0.211 e. The summed E-state index contributed by atoms with van der Waals surface area (Å²) < 4.78 is 31.1. The molecule has 7 nitrogen and oxygen atoms in total. The van der Waals surface area contributed by atoms with Crippen LogP contribution in [0.2, 0.25) is 0 Å². The minimum Gasteiger partial charge on any atom is -0.488 e. The zero-order valence-electron chi connectivity index (χ0n) is 14.2. The summed E-state index contributed by atoms with van der Waals surface area (Å²) in [5.74, 6) is 1.68. The predicted octanol–water partition coefficient (Wildman–Crippen LogP) is 0.485. The molecule has 134 valence electrons. The standard InChI is InChI=1S/C16H26N4O3S/c1-3-17-16(18-9-10-20-24(21,22)4-2)19-12-14-11-13-7-5-6-8-15(13)23-14/h5-8,14,20H,3-4,9-12H2,1-2H3,(H2,17,18,19). The van der Waals surface area contributed by atoms with Crippen LogP contribution >= 0.6 is 0 Å². The summed E-state index contributed by atoms with van der Waals surface area (Å²) in [6.45, 7) is 5.67. The van der Waals surface area contributed by atoms with Crippen molar-refractivity contribution in [2.45, 2.75) is 26.4 Å². The molecular formula is C16H26N4O3S. The zero-order valence-corrected chi connectivity index (χ0v) is 15.0. The fourth-order valence-electron chi connectivity index (χ4n) is 2.38. The Hall–Kier alpha value is -1.80. The predicted molar refractivity (Wildman–Crippen MR) is 96.0 cm³/mol. The average Bonchev–Trinajstić information content (AvgIpc) is 2.99. The van der Waals surface area contributed by atoms with Crippen LogP contribution < -0.4 is 20.1 Å². The molecular weight excluding hydrogens is 328 g/mol. The number of guanidine groups is 1. The van der Waals surface area contributed by atoms with Crippen LogP contribution in [0.15, 0.2) is 29.3 Å². The number of benzene rings is 1. The lowest BCUT2D eigenvalue weighted by Gasteiger charge is -2.13. The Morgan fingerprint density at radius 3 is 2.75 bits per heavy atom. The van der Waals surface area contributed by atoms with E-state index in [2.05, 4.69) is 26.4 Å². The van der Waals surface area contributed by atoms with Gasteiger partial charge in [0.1, 0.15) is 11.9 Å². The lowest BCUT2D eigenvalue weighted by Crippen LogP contribution is -2.42. The molecule has 1 aromatic rings. The second-order valence-corrected chi connectivity index (χ2v) is 7.59. The largest absolute Gasteiger partial charge is 0.488 e. The van der Waals surface area contributed by atoms with Gasteiger partial charge in [-0.1, -0.05) is 18.2 Å². The normalized spacial score (nSPS) is 17.2. The van der Waals surface area contributed by atoms with Crippen LogP contribution in [0.25, 0.3) is 0 Å². The summed E-state index contributed by atoms with van der Waals surface area (Å²) >= 11 is 0. The molecule has 0 bridgehead atoms. The van der Waals surface area contributed by atoms with Crippen molar-refractivity contribution in [3.63, 3.8) is 0 Å². The van der Waals surface area contributed by atoms with E-state index in [0.717, 1.165) is 18.7 Å². The summed E-state index contributed by atoms with van der Waals surface area (Å²) in [5.41, 5.74) is 1.21. The first-order valence-electron chi connectivity index (χ1n) is 8.28. The van der Waals surface area contributed by atoms with Gasteiger partial charge in [-0.15, -0.1) is 0 Å². The number of ether oxygens (including phenoxy) is 1. The molecule has 0 aliphatic carbocycles. The van der Waals surface area contributed by atoms with Crippen LogP contribution in [0.4, 0.5) is 0 Å². The van der Waals surface area contributed by atoms with Gasteiger partial charge in [-0.3, -0.25) is 0 Å². The summed E-state index contributed by atoms with van der Waals surface area (Å²) in [5, 5.41) is 6.26. The minimum atomic E-state index is -3.16. The number of fused-ring (bicyclic) bond motifs is 1. The van der Waals surface area contributed by atoms with Crippen molar-refractivity contribution in [1.82, 2.24) is 15.4 Å². The van der Waals surface area contributed by atoms with E-state index < -0.39 is 10.0 Å². The van der Waals surface area contributed by atoms with Crippen molar-refractivity contribution in [3.05, 3.63) is 29.8 Å². The molecule has 0 aromatic heterocycles. The fraction of sp³-hybridized carbons (Fsp3) is 0.562. The number of nitrogens with zero attached hydrogens (tertiary/aromatic N) is 1. The third kappa shape index (κ3) is 5.68. The van der Waals surface area contributed by atoms with Crippen LogP contribution in [-0.2, 0) is 16.4 Å². The molecule has 24 heavy (non-hydrogen) atoms. The summed E-state index contributed by atoms with van der Waals surface area (Å²) in [7, 11) is -3.16. The topological polar surface area (TPSA) is 91.8 Å². The third-order valence-corrected chi connectivity index (χ3v) is 5.03. The van der Waals surface area contributed by atoms with Gasteiger partial charge in [-0.05, 0) is 25.5 Å². The molecule has 0 saturated heterocycles. The van der Waals surface area contributed by atoms with Gasteiger partial charge in [0.15, 0.2) is 5.96 Å². The molecule has 1 heterocycles. The zero-order chi connectivity index (χ0) is 17.4. The average molecular weight is 354 g/mol. The molecule has 0 spiro atoms. The minimum absolute atomic E-state index is 0.0384. The number of sulfonamides is 1. The van der Waals surface area contributed by atoms with E-state index >= 15 is 0 Å². The first-order chi connectivity index (χ1) is 11.5. The lowest BCUT2D eigenvalue weighted by atomic mass is 10.1. The van der Waals surface area contributed by atoms with E-state index in [1.807, 2.05) is 25.1 Å². The summed E-state index contributed by atoms with van der Waals surface area (Å²) in [4.78, 5) is 4.52. The van der Waals surface area contributed by atoms with Crippen LogP contribution in [-0.4, -0.2) is 52.4 Å². The Morgan fingerprint density at radius 1 is 1.25 bits per heavy atom. The SMILES string of the molecule is CCNC(=NCC1Cc2ccccc2O1)NCCNS(=O)(=O)CC. The van der Waals surface area contributed by atoms with Gasteiger partial charge in [-0.2, -0.15) is 0 Å². The Balaban J connectivity index is 1.79. The van der Waals surface area contributed by atoms with Crippen LogP contribution in [0.3, 0.4) is 0 Å². The second-order valence-electron chi connectivity index (χ2n) is 5.50. The van der Waals surface area contributed by atoms with Gasteiger partial charge in [-0.25, -0.2) is 18.1 Å². The molecule has 1 atom stereocenters. The third-order valence-electron chi connectivity index (χ3n) is 3.63. The highest BCUT2D eigenvalue weighted by Gasteiger charge is 2.21. The van der Waals surface area contributed by atoms with Gasteiger partial charge in [0.25, 0.3) is 0 Å². The summed E-state index contributed by atoms with van der Waals surface area (Å²) in [6.07, 6.45) is 0.895. The van der Waals surface area contributed by atoms with E-state index in [1.165, 1.54) is 5.56 Å². The van der Waals surface area contributed by atoms with Crippen molar-refractivity contribution in [2.75, 3.05) is 31.9 Å². The quantitative estimate of drug-likeness (QED) is 0.359. The van der Waals surface area contributed by atoms with E-state index in [0.29, 0.717) is 25.6 Å². The van der Waals surface area contributed by atoms with E-state index in [9.17, 15) is 8.42 Å². The van der Waals surface area contributed by atoms with Crippen LogP contribution in [0, 0.1) is 0 Å². The van der Waals surface area contributed by atoms with Gasteiger partial charge in [0, 0.05) is 26.1 Å². The summed E-state index contributed by atoms with van der Waals surface area (Å²) in [6, 6.07) is 8.02. The first kappa shape index (κ1) is 18.5. The van der Waals surface area contributed by atoms with E-state index in [-0.39, 0.29) is 11.9 Å². The molecule has 3 N–H and O–H groups in total. The molecule has 8 heteroatoms. The highest BCUT2D eigenvalue weighted by atomic mass is 32.2. The van der Waals surface area contributed by atoms with Crippen LogP contribution in [0.1, 0.15) is 19.4 Å². The fourth-order valence-corrected chi connectivity index (χ4v) is 3.00. The van der Waals surface area contributed by atoms with Crippen molar-refractivity contribution in [1.29, 1.82) is 0 Å². The highest BCUT2D eigenvalue weighted by Crippen LogP contribution is 2.28. The number of rotatable bonds is 8. The molecule has 0 fully saturated rings. The first-order valence-corrected chi connectivity index (χ1v) is 9.93. The maximum atomic E-state index is 11.4. The monoisotopic (exact) mass is 354 g/mol. The molecule has 0 saturated carbocycles. The van der Waals surface area contributed by atoms with Gasteiger partial charge >= 0.3 is 0 Å². The second kappa shape index (κ2) is 8.89. The number of para-hydroxylation sites is 1. The Bertz CT molecular complexity index is 636. The Labute approximate surface area is 143 Å². The number of nitrogens with one attached hydrogen (secondary N) is 3. The van der Waals surface area contributed by atoms with Gasteiger partial charge < -0.3 is 15.4 Å². The molecule has 1 aliphatic heterocycles. The number of aliphatic imine (C=N–C) groups is 1. The lowest BCUT2D eigenvalue weighted by molar-refractivity contribution is 0.241. The molecule has 1 aromatic carbocycles. The molecule has 0 radical (unpaired) electrons. The Kier molecular flexibility index (Phi) is 6.86. The van der Waals surface area contributed by atoms with Crippen LogP contribution in [0.5, 0.6) is 5.75 Å². The van der Waals surface area contributed by atoms with Gasteiger partial charge in [0.2, 0.25) is 10.0 Å². The van der Waals surface area contributed by atoms with Crippen molar-refractivity contribution in [3.8, 4) is 5.75 Å². The number of hydrogen-bond donors (Lipinski definition) is 3. The van der Waals surface area contributed by atoms with E-state index in [4.69, 9.17) is 4.74 Å². The van der Waals surface area contributed by atoms with E-state index in [1.54, 1.807) is 6.92 Å². The Morgan fingerprint density at radius 2 is 2.04 bits per heavy atom. The molecule has 2 rings (SSSR count). The van der Waals surface area contributed by atoms with Gasteiger partial charge in [0.05, 0.1) is 12.3 Å². The maximum Gasteiger partial charge on any atom is 0.211 e. The molecule has 0 amide bonds.